The number of hydrogen-bond acceptors (Lipinski definition) is 4. The van der Waals surface area contributed by atoms with Crippen molar-refractivity contribution in [3.8, 4) is 5.75 Å². The number of ether oxygens (including phenoxy) is 1. The SMILES string of the molecule is O=C(O)CN1C(=O)C(=Cc2ccc(OCc3ccccc3)c3ncccc23)c2ccccc21.[NaH]. The number of carbonyl (C=O) groups is 2. The number of carbonyl (C=O) groups excluding carboxylic acids is 1. The van der Waals surface area contributed by atoms with Crippen LogP contribution in [0.15, 0.2) is 85.1 Å². The average molecular weight is 460 g/mol. The number of nitrogens with zero attached hydrogens (tertiary/aromatic N) is 2. The Bertz CT molecular complexity index is 1400. The molecule has 0 spiro atoms. The van der Waals surface area contributed by atoms with Gasteiger partial charge in [0.2, 0.25) is 0 Å². The molecule has 1 amide bonds. The molecule has 6 nitrogen and oxygen atoms in total. The molecule has 3 aromatic carbocycles. The molecule has 164 valence electrons. The van der Waals surface area contributed by atoms with E-state index in [1.54, 1.807) is 24.4 Å². The molecule has 0 radical (unpaired) electrons. The van der Waals surface area contributed by atoms with Gasteiger partial charge in [-0.25, -0.2) is 0 Å². The van der Waals surface area contributed by atoms with Crippen LogP contribution < -0.4 is 9.64 Å². The molecule has 2 heterocycles. The average Bonchev–Trinajstić information content (AvgIpc) is 3.10. The van der Waals surface area contributed by atoms with Gasteiger partial charge in [-0.3, -0.25) is 19.5 Å². The van der Waals surface area contributed by atoms with E-state index < -0.39 is 5.97 Å². The molecular weight excluding hydrogens is 439 g/mol. The molecule has 4 aromatic rings. The maximum atomic E-state index is 13.1. The van der Waals surface area contributed by atoms with Crippen LogP contribution in [0.25, 0.3) is 22.6 Å². The third-order valence-corrected chi connectivity index (χ3v) is 5.56. The predicted octanol–water partition coefficient (Wildman–Crippen LogP) is 4.14. The Hall–Kier alpha value is -3.45. The Morgan fingerprint density at radius 1 is 0.971 bits per heavy atom. The van der Waals surface area contributed by atoms with Crippen LogP contribution in [0.4, 0.5) is 5.69 Å². The summed E-state index contributed by atoms with van der Waals surface area (Å²) in [5, 5.41) is 10.1. The summed E-state index contributed by atoms with van der Waals surface area (Å²) in [6, 6.07) is 24.6. The van der Waals surface area contributed by atoms with Crippen LogP contribution in [0, 0.1) is 0 Å². The molecule has 1 aliphatic rings. The van der Waals surface area contributed by atoms with Gasteiger partial charge in [-0.05, 0) is 35.4 Å². The zero-order valence-electron chi connectivity index (χ0n) is 17.6. The van der Waals surface area contributed by atoms with Crippen molar-refractivity contribution in [1.29, 1.82) is 0 Å². The molecule has 7 heteroatoms. The summed E-state index contributed by atoms with van der Waals surface area (Å²) in [4.78, 5) is 30.2. The van der Waals surface area contributed by atoms with Gasteiger partial charge in [0.05, 0.1) is 5.69 Å². The van der Waals surface area contributed by atoms with E-state index >= 15 is 0 Å². The number of fused-ring (bicyclic) bond motifs is 2. The van der Waals surface area contributed by atoms with Crippen molar-refractivity contribution in [2.24, 2.45) is 0 Å². The summed E-state index contributed by atoms with van der Waals surface area (Å²) in [5.74, 6) is -0.740. The number of benzene rings is 3. The van der Waals surface area contributed by atoms with Gasteiger partial charge in [0, 0.05) is 22.7 Å². The first-order chi connectivity index (χ1) is 16.1. The molecule has 0 unspecified atom stereocenters. The first-order valence-corrected chi connectivity index (χ1v) is 10.5. The second-order valence-corrected chi connectivity index (χ2v) is 7.69. The monoisotopic (exact) mass is 460 g/mol. The first-order valence-electron chi connectivity index (χ1n) is 10.5. The summed E-state index contributed by atoms with van der Waals surface area (Å²) in [6.07, 6.45) is 3.51. The van der Waals surface area contributed by atoms with E-state index in [2.05, 4.69) is 4.98 Å². The van der Waals surface area contributed by atoms with Crippen molar-refractivity contribution < 1.29 is 19.4 Å². The maximum absolute atomic E-state index is 13.1. The molecule has 1 aliphatic heterocycles. The number of para-hydroxylation sites is 1. The minimum atomic E-state index is -1.06. The fraction of sp³-hybridized carbons (Fsp3) is 0.0741. The molecule has 1 aromatic heterocycles. The Kier molecular flexibility index (Phi) is 7.12. The van der Waals surface area contributed by atoms with Gasteiger partial charge in [0.1, 0.15) is 24.4 Å². The summed E-state index contributed by atoms with van der Waals surface area (Å²) in [5.41, 5.74) is 4.32. The second-order valence-electron chi connectivity index (χ2n) is 7.69. The summed E-state index contributed by atoms with van der Waals surface area (Å²) < 4.78 is 6.04. The fourth-order valence-corrected chi connectivity index (χ4v) is 4.04. The molecule has 1 N–H and O–H groups in total. The molecule has 34 heavy (non-hydrogen) atoms. The van der Waals surface area contributed by atoms with Crippen LogP contribution in [0.1, 0.15) is 16.7 Å². The fourth-order valence-electron chi connectivity index (χ4n) is 4.04. The van der Waals surface area contributed by atoms with Crippen LogP contribution in [0.2, 0.25) is 0 Å². The van der Waals surface area contributed by atoms with Gasteiger partial charge in [-0.1, -0.05) is 60.7 Å². The molecule has 0 saturated carbocycles. The number of carboxylic acid groups (broad SMARTS) is 1. The van der Waals surface area contributed by atoms with Crippen molar-refractivity contribution in [1.82, 2.24) is 4.98 Å². The molecule has 0 saturated heterocycles. The van der Waals surface area contributed by atoms with E-state index in [0.29, 0.717) is 34.7 Å². The van der Waals surface area contributed by atoms with E-state index in [-0.39, 0.29) is 42.0 Å². The van der Waals surface area contributed by atoms with E-state index in [1.807, 2.05) is 66.7 Å². The van der Waals surface area contributed by atoms with Crippen molar-refractivity contribution in [3.63, 3.8) is 0 Å². The van der Waals surface area contributed by atoms with Crippen LogP contribution >= 0.6 is 0 Å². The zero-order valence-corrected chi connectivity index (χ0v) is 17.6. The zero-order chi connectivity index (χ0) is 22.8. The molecule has 5 rings (SSSR count). The topological polar surface area (TPSA) is 79.7 Å². The number of rotatable bonds is 6. The van der Waals surface area contributed by atoms with Gasteiger partial charge in [-0.15, -0.1) is 0 Å². The number of amides is 1. The molecule has 0 bridgehead atoms. The van der Waals surface area contributed by atoms with Crippen molar-refractivity contribution >= 4 is 69.7 Å². The number of carboxylic acids is 1. The van der Waals surface area contributed by atoms with Gasteiger partial charge < -0.3 is 9.84 Å². The number of aliphatic carboxylic acids is 1. The second kappa shape index (κ2) is 10.2. The van der Waals surface area contributed by atoms with Crippen LogP contribution in [-0.2, 0) is 16.2 Å². The molecule has 0 atom stereocenters. The molecular formula is C27H21N2NaO4. The quantitative estimate of drug-likeness (QED) is 0.346. The van der Waals surface area contributed by atoms with Crippen molar-refractivity contribution in [2.75, 3.05) is 11.4 Å². The minimum absolute atomic E-state index is 0. The Morgan fingerprint density at radius 3 is 2.53 bits per heavy atom. The van der Waals surface area contributed by atoms with Gasteiger partial charge in [0.15, 0.2) is 0 Å². The van der Waals surface area contributed by atoms with Crippen LogP contribution in [0.5, 0.6) is 5.75 Å². The predicted molar refractivity (Wildman–Crippen MR) is 134 cm³/mol. The number of anilines is 1. The Morgan fingerprint density at radius 2 is 1.74 bits per heavy atom. The molecule has 0 fully saturated rings. The van der Waals surface area contributed by atoms with Gasteiger partial charge >= 0.3 is 35.5 Å². The third-order valence-electron chi connectivity index (χ3n) is 5.56. The number of aromatic nitrogens is 1. The summed E-state index contributed by atoms with van der Waals surface area (Å²) >= 11 is 0. The standard InChI is InChI=1S/C27H20N2O4.Na.H/c30-25(31)16-29-23-11-5-4-9-21(23)22(27(29)32)15-19-12-13-24(26-20(19)10-6-14-28-26)33-17-18-7-2-1-3-8-18;;/h1-15H,16-17H2,(H,30,31);;. The number of pyridine rings is 1. The van der Waals surface area contributed by atoms with Gasteiger partial charge in [-0.2, -0.15) is 0 Å². The van der Waals surface area contributed by atoms with E-state index in [4.69, 9.17) is 4.74 Å². The Labute approximate surface area is 218 Å². The van der Waals surface area contributed by atoms with Crippen molar-refractivity contribution in [2.45, 2.75) is 6.61 Å². The molecule has 0 aliphatic carbocycles. The first kappa shape index (κ1) is 23.7. The van der Waals surface area contributed by atoms with E-state index in [9.17, 15) is 14.7 Å². The summed E-state index contributed by atoms with van der Waals surface area (Å²) in [7, 11) is 0. The van der Waals surface area contributed by atoms with Crippen LogP contribution in [-0.4, -0.2) is 58.1 Å². The van der Waals surface area contributed by atoms with E-state index in [1.165, 1.54) is 4.90 Å². The van der Waals surface area contributed by atoms with Crippen LogP contribution in [0.3, 0.4) is 0 Å². The van der Waals surface area contributed by atoms with Crippen molar-refractivity contribution in [3.05, 3.63) is 102 Å². The number of hydrogen-bond donors (Lipinski definition) is 1. The normalized spacial score (nSPS) is 13.6. The third kappa shape index (κ3) is 4.61. The van der Waals surface area contributed by atoms with E-state index in [0.717, 1.165) is 16.5 Å². The Balaban J connectivity index is 0.00000274. The summed E-state index contributed by atoms with van der Waals surface area (Å²) in [6.45, 7) is 0.0325. The van der Waals surface area contributed by atoms with Gasteiger partial charge in [0.25, 0.3) is 5.91 Å².